The fourth-order valence-corrected chi connectivity index (χ4v) is 5.04. The molecule has 4 heterocycles. The first-order valence-corrected chi connectivity index (χ1v) is 12.4. The molecule has 1 amide bonds. The second kappa shape index (κ2) is 9.36. The number of hydrogen-bond donors (Lipinski definition) is 1. The van der Waals surface area contributed by atoms with Crippen molar-refractivity contribution in [2.45, 2.75) is 18.9 Å². The molecule has 0 spiro atoms. The molecule has 0 saturated carbocycles. The third kappa shape index (κ3) is 4.02. The molecule has 180 valence electrons. The molecule has 0 unspecified atom stereocenters. The Balaban J connectivity index is 1.44. The highest BCUT2D eigenvalue weighted by molar-refractivity contribution is 9.10. The molecule has 0 bridgehead atoms. The van der Waals surface area contributed by atoms with Gasteiger partial charge in [-0.1, -0.05) is 27.2 Å². The molecule has 0 aliphatic carbocycles. The lowest BCUT2D eigenvalue weighted by Gasteiger charge is -2.34. The Morgan fingerprint density at radius 3 is 2.86 bits per heavy atom. The first-order chi connectivity index (χ1) is 17.6. The predicted octanol–water partition coefficient (Wildman–Crippen LogP) is 4.66. The van der Waals surface area contributed by atoms with E-state index in [-0.39, 0.29) is 11.6 Å². The van der Waals surface area contributed by atoms with Gasteiger partial charge in [-0.25, -0.2) is 14.4 Å². The Bertz CT molecular complexity index is 1600. The molecule has 1 fully saturated rings. The van der Waals surface area contributed by atoms with Crippen LogP contribution in [0.4, 0.5) is 10.2 Å². The molecular weight excluding hydrogens is 525 g/mol. The van der Waals surface area contributed by atoms with E-state index in [0.717, 1.165) is 34.6 Å². The van der Waals surface area contributed by atoms with Crippen LogP contribution in [0.3, 0.4) is 0 Å². The average Bonchev–Trinajstić information content (AvgIpc) is 3.34. The Kier molecular flexibility index (Phi) is 5.90. The van der Waals surface area contributed by atoms with E-state index in [2.05, 4.69) is 41.5 Å². The summed E-state index contributed by atoms with van der Waals surface area (Å²) < 4.78 is 17.9. The molecule has 1 atom stereocenters. The highest BCUT2D eigenvalue weighted by Crippen LogP contribution is 2.32. The molecule has 0 radical (unpaired) electrons. The molecule has 6 rings (SSSR count). The molecule has 8 nitrogen and oxygen atoms in total. The number of carbonyl (C=O) groups is 1. The second-order valence-corrected chi connectivity index (χ2v) is 9.60. The number of hydrogen-bond acceptors (Lipinski definition) is 6. The number of rotatable bonds is 4. The molecule has 2 aromatic carbocycles. The van der Waals surface area contributed by atoms with E-state index in [4.69, 9.17) is 0 Å². The van der Waals surface area contributed by atoms with Gasteiger partial charge in [0.2, 0.25) is 0 Å². The molecule has 1 saturated heterocycles. The summed E-state index contributed by atoms with van der Waals surface area (Å²) in [5, 5.41) is 13.3. The first-order valence-electron chi connectivity index (χ1n) is 11.6. The number of nitrogens with zero attached hydrogens (tertiary/aromatic N) is 6. The summed E-state index contributed by atoms with van der Waals surface area (Å²) in [6.07, 6.45) is 5.02. The standard InChI is InChI=1S/C26H21BrFN7O/c27-17-6-5-16-9-12-31-24(21(16)13-17)34(19-3-1-10-29-15-19)26(36)20-8-7-18(14-22(20)28)35-25-23(32-33-35)4-2-11-30-25/h2,4-9,11-14,19,29H,1,3,10,15H2/t19-/m1/s1. The van der Waals surface area contributed by atoms with Gasteiger partial charge >= 0.3 is 0 Å². The molecule has 1 aliphatic heterocycles. The average molecular weight is 546 g/mol. The zero-order valence-electron chi connectivity index (χ0n) is 19.1. The predicted molar refractivity (Wildman–Crippen MR) is 139 cm³/mol. The summed E-state index contributed by atoms with van der Waals surface area (Å²) in [6, 6.07) is 15.6. The van der Waals surface area contributed by atoms with E-state index < -0.39 is 11.7 Å². The van der Waals surface area contributed by atoms with E-state index in [9.17, 15) is 4.79 Å². The molecule has 10 heteroatoms. The van der Waals surface area contributed by atoms with Crippen molar-refractivity contribution in [2.24, 2.45) is 0 Å². The maximum atomic E-state index is 15.5. The van der Waals surface area contributed by atoms with Gasteiger partial charge in [0.25, 0.3) is 5.91 Å². The molecule has 3 aromatic heterocycles. The van der Waals surface area contributed by atoms with Crippen molar-refractivity contribution < 1.29 is 9.18 Å². The van der Waals surface area contributed by atoms with E-state index in [0.29, 0.717) is 29.2 Å². The maximum Gasteiger partial charge on any atom is 0.262 e. The largest absolute Gasteiger partial charge is 0.315 e. The minimum absolute atomic E-state index is 0.0319. The minimum atomic E-state index is -0.646. The Labute approximate surface area is 214 Å². The van der Waals surface area contributed by atoms with Crippen LogP contribution in [0.2, 0.25) is 0 Å². The summed E-state index contributed by atoms with van der Waals surface area (Å²) >= 11 is 3.53. The summed E-state index contributed by atoms with van der Waals surface area (Å²) in [5.41, 5.74) is 1.51. The van der Waals surface area contributed by atoms with Gasteiger partial charge in [-0.2, -0.15) is 4.68 Å². The van der Waals surface area contributed by atoms with Crippen molar-refractivity contribution in [2.75, 3.05) is 18.0 Å². The zero-order chi connectivity index (χ0) is 24.6. The zero-order valence-corrected chi connectivity index (χ0v) is 20.7. The van der Waals surface area contributed by atoms with Crippen LogP contribution in [-0.4, -0.2) is 50.0 Å². The lowest BCUT2D eigenvalue weighted by atomic mass is 10.0. The Hall–Kier alpha value is -3.76. The van der Waals surface area contributed by atoms with Crippen molar-refractivity contribution in [3.8, 4) is 5.69 Å². The Morgan fingerprint density at radius 1 is 1.11 bits per heavy atom. The number of nitrogens with one attached hydrogen (secondary N) is 1. The van der Waals surface area contributed by atoms with Gasteiger partial charge < -0.3 is 5.32 Å². The summed E-state index contributed by atoms with van der Waals surface area (Å²) in [5.74, 6) is -0.566. The van der Waals surface area contributed by atoms with Gasteiger partial charge in [0.1, 0.15) is 17.2 Å². The van der Waals surface area contributed by atoms with Crippen molar-refractivity contribution in [3.05, 3.63) is 82.8 Å². The van der Waals surface area contributed by atoms with Crippen molar-refractivity contribution in [3.63, 3.8) is 0 Å². The van der Waals surface area contributed by atoms with Gasteiger partial charge in [0, 0.05) is 34.9 Å². The lowest BCUT2D eigenvalue weighted by Crippen LogP contribution is -2.49. The number of benzene rings is 2. The van der Waals surface area contributed by atoms with Crippen molar-refractivity contribution in [1.29, 1.82) is 0 Å². The van der Waals surface area contributed by atoms with Crippen LogP contribution in [0.25, 0.3) is 27.6 Å². The van der Waals surface area contributed by atoms with Crippen LogP contribution >= 0.6 is 15.9 Å². The van der Waals surface area contributed by atoms with E-state index in [1.54, 1.807) is 35.5 Å². The number of carbonyl (C=O) groups excluding carboxylic acids is 1. The van der Waals surface area contributed by atoms with E-state index in [1.807, 2.05) is 24.3 Å². The molecule has 5 aromatic rings. The number of pyridine rings is 2. The van der Waals surface area contributed by atoms with Crippen LogP contribution in [-0.2, 0) is 0 Å². The van der Waals surface area contributed by atoms with E-state index in [1.165, 1.54) is 16.8 Å². The number of piperidine rings is 1. The quantitative estimate of drug-likeness (QED) is 0.353. The van der Waals surface area contributed by atoms with Gasteiger partial charge in [-0.15, -0.1) is 5.10 Å². The van der Waals surface area contributed by atoms with Crippen LogP contribution < -0.4 is 10.2 Å². The number of amides is 1. The Morgan fingerprint density at radius 2 is 2.03 bits per heavy atom. The topological polar surface area (TPSA) is 88.8 Å². The van der Waals surface area contributed by atoms with E-state index >= 15 is 4.39 Å². The fourth-order valence-electron chi connectivity index (χ4n) is 4.68. The second-order valence-electron chi connectivity index (χ2n) is 8.69. The fraction of sp³-hybridized carbons (Fsp3) is 0.192. The third-order valence-corrected chi connectivity index (χ3v) is 6.92. The van der Waals surface area contributed by atoms with Crippen molar-refractivity contribution >= 4 is 49.6 Å². The third-order valence-electron chi connectivity index (χ3n) is 6.43. The number of aromatic nitrogens is 5. The number of fused-ring (bicyclic) bond motifs is 2. The van der Waals surface area contributed by atoms with Gasteiger partial charge in [-0.3, -0.25) is 9.69 Å². The normalized spacial score (nSPS) is 15.9. The number of halogens is 2. The van der Waals surface area contributed by atoms with Crippen LogP contribution in [0.5, 0.6) is 0 Å². The van der Waals surface area contributed by atoms with Crippen LogP contribution in [0.15, 0.2) is 71.5 Å². The molecule has 1 aliphatic rings. The van der Waals surface area contributed by atoms with Crippen LogP contribution in [0, 0.1) is 5.82 Å². The smallest absolute Gasteiger partial charge is 0.262 e. The maximum absolute atomic E-state index is 15.5. The summed E-state index contributed by atoms with van der Waals surface area (Å²) in [4.78, 5) is 24.5. The summed E-state index contributed by atoms with van der Waals surface area (Å²) in [6.45, 7) is 1.49. The minimum Gasteiger partial charge on any atom is -0.315 e. The number of anilines is 1. The van der Waals surface area contributed by atoms with Gasteiger partial charge in [0.05, 0.1) is 17.3 Å². The first kappa shape index (κ1) is 22.7. The molecule has 36 heavy (non-hydrogen) atoms. The molecule has 1 N–H and O–H groups in total. The van der Waals surface area contributed by atoms with Crippen molar-refractivity contribution in [1.82, 2.24) is 30.3 Å². The highest BCUT2D eigenvalue weighted by atomic mass is 79.9. The van der Waals surface area contributed by atoms with Gasteiger partial charge in [-0.05, 0) is 67.2 Å². The van der Waals surface area contributed by atoms with Crippen LogP contribution in [0.1, 0.15) is 23.2 Å². The molecular formula is C26H21BrFN7O. The summed E-state index contributed by atoms with van der Waals surface area (Å²) in [7, 11) is 0. The monoisotopic (exact) mass is 545 g/mol. The SMILES string of the molecule is O=C(c1ccc(-n2nnc3cccnc32)cc1F)N(c1nccc2ccc(Br)cc12)[C@@H]1CCCNC1. The lowest BCUT2D eigenvalue weighted by molar-refractivity contribution is 0.0968. The highest BCUT2D eigenvalue weighted by Gasteiger charge is 2.31. The van der Waals surface area contributed by atoms with Gasteiger partial charge in [0.15, 0.2) is 5.65 Å².